The number of aromatic amines is 2. The number of pyridine rings is 1. The molecule has 4 aromatic rings. The number of carbonyl (C=O) groups is 1. The van der Waals surface area contributed by atoms with Gasteiger partial charge >= 0.3 is 5.97 Å². The molecule has 1 aromatic carbocycles. The number of H-pyrrole nitrogens is 2. The third kappa shape index (κ3) is 6.05. The Morgan fingerprint density at radius 1 is 1.04 bits per heavy atom. The minimum absolute atomic E-state index is 0.223. The van der Waals surface area contributed by atoms with Gasteiger partial charge in [0.1, 0.15) is 0 Å². The first kappa shape index (κ1) is 30.8. The van der Waals surface area contributed by atoms with Gasteiger partial charge in [-0.15, -0.1) is 0 Å². The quantitative estimate of drug-likeness (QED) is 0.259. The number of rotatable bonds is 6. The Morgan fingerprint density at radius 2 is 1.78 bits per heavy atom. The van der Waals surface area contributed by atoms with E-state index in [-0.39, 0.29) is 11.0 Å². The van der Waals surface area contributed by atoms with E-state index >= 15 is 0 Å². The number of fused-ring (bicyclic) bond motifs is 2. The van der Waals surface area contributed by atoms with E-state index in [0.29, 0.717) is 41.5 Å². The highest BCUT2D eigenvalue weighted by atomic mass is 16.5. The molecule has 2 aliphatic rings. The molecule has 0 radical (unpaired) electrons. The molecular formula is C34H43N7O4. The van der Waals surface area contributed by atoms with Crippen molar-refractivity contribution in [3.8, 4) is 11.1 Å². The highest BCUT2D eigenvalue weighted by molar-refractivity contribution is 5.88. The maximum Gasteiger partial charge on any atom is 0.337 e. The van der Waals surface area contributed by atoms with E-state index in [2.05, 4.69) is 61.8 Å². The molecule has 0 bridgehead atoms. The highest BCUT2D eigenvalue weighted by Crippen LogP contribution is 2.45. The number of anilines is 2. The SMILES string of the molecule is Cc1nc(C)c(C(OC(C)(C)C)C(=O)O)c(N2CCC(C)(C)CC2)c1-c1ccc2c(c1)CCN(c1nc3nc[nH]c3c(=O)[nH]1)C2. The summed E-state index contributed by atoms with van der Waals surface area (Å²) < 4.78 is 6.23. The summed E-state index contributed by atoms with van der Waals surface area (Å²) in [5.74, 6) is -0.514. The van der Waals surface area contributed by atoms with Gasteiger partial charge < -0.3 is 24.6 Å². The van der Waals surface area contributed by atoms with Crippen molar-refractivity contribution in [2.75, 3.05) is 29.4 Å². The number of aromatic nitrogens is 5. The topological polar surface area (TPSA) is 140 Å². The van der Waals surface area contributed by atoms with Crippen molar-refractivity contribution in [3.05, 3.63) is 63.0 Å². The summed E-state index contributed by atoms with van der Waals surface area (Å²) in [6, 6.07) is 6.46. The Kier molecular flexibility index (Phi) is 7.71. The molecule has 0 aliphatic carbocycles. The van der Waals surface area contributed by atoms with Gasteiger partial charge in [-0.05, 0) is 76.0 Å². The second-order valence-corrected chi connectivity index (χ2v) is 14.2. The fourth-order valence-corrected chi connectivity index (χ4v) is 6.63. The van der Waals surface area contributed by atoms with E-state index in [4.69, 9.17) is 9.72 Å². The lowest BCUT2D eigenvalue weighted by molar-refractivity contribution is -0.160. The molecule has 3 aromatic heterocycles. The van der Waals surface area contributed by atoms with Crippen LogP contribution in [0, 0.1) is 19.3 Å². The third-order valence-corrected chi connectivity index (χ3v) is 9.06. The number of aryl methyl sites for hydroxylation is 2. The number of hydrogen-bond donors (Lipinski definition) is 3. The van der Waals surface area contributed by atoms with E-state index in [9.17, 15) is 14.7 Å². The fraction of sp³-hybridized carbons (Fsp3) is 0.500. The molecule has 238 valence electrons. The minimum Gasteiger partial charge on any atom is -0.479 e. The third-order valence-electron chi connectivity index (χ3n) is 9.06. The Hall–Kier alpha value is -4.25. The van der Waals surface area contributed by atoms with Gasteiger partial charge in [0.05, 0.1) is 17.6 Å². The van der Waals surface area contributed by atoms with Crippen molar-refractivity contribution in [3.63, 3.8) is 0 Å². The van der Waals surface area contributed by atoms with E-state index < -0.39 is 17.7 Å². The number of ether oxygens (including phenoxy) is 1. The van der Waals surface area contributed by atoms with Crippen molar-refractivity contribution >= 4 is 28.8 Å². The van der Waals surface area contributed by atoms with E-state index in [1.165, 1.54) is 11.9 Å². The second kappa shape index (κ2) is 11.3. The Labute approximate surface area is 263 Å². The Balaban J connectivity index is 1.43. The van der Waals surface area contributed by atoms with Gasteiger partial charge in [-0.3, -0.25) is 14.8 Å². The van der Waals surface area contributed by atoms with E-state index in [1.807, 2.05) is 34.6 Å². The molecule has 1 fully saturated rings. The van der Waals surface area contributed by atoms with Gasteiger partial charge in [-0.25, -0.2) is 9.78 Å². The molecule has 0 spiro atoms. The van der Waals surface area contributed by atoms with E-state index in [0.717, 1.165) is 60.4 Å². The smallest absolute Gasteiger partial charge is 0.337 e. The molecule has 0 amide bonds. The summed E-state index contributed by atoms with van der Waals surface area (Å²) in [4.78, 5) is 49.2. The number of piperidine rings is 1. The van der Waals surface area contributed by atoms with Crippen molar-refractivity contribution < 1.29 is 14.6 Å². The van der Waals surface area contributed by atoms with Crippen molar-refractivity contribution in [1.29, 1.82) is 0 Å². The van der Waals surface area contributed by atoms with Crippen LogP contribution in [-0.4, -0.2) is 61.2 Å². The molecule has 2 aliphatic heterocycles. The molecule has 45 heavy (non-hydrogen) atoms. The van der Waals surface area contributed by atoms with Gasteiger partial charge in [-0.1, -0.05) is 32.0 Å². The zero-order valence-corrected chi connectivity index (χ0v) is 27.2. The lowest BCUT2D eigenvalue weighted by Gasteiger charge is -2.41. The molecule has 11 nitrogen and oxygen atoms in total. The zero-order valence-electron chi connectivity index (χ0n) is 27.2. The lowest BCUT2D eigenvalue weighted by Crippen LogP contribution is -2.39. The van der Waals surface area contributed by atoms with E-state index in [1.54, 1.807) is 0 Å². The predicted molar refractivity (Wildman–Crippen MR) is 175 cm³/mol. The maximum absolute atomic E-state index is 12.8. The van der Waals surface area contributed by atoms with Crippen LogP contribution in [0.3, 0.4) is 0 Å². The monoisotopic (exact) mass is 613 g/mol. The molecule has 6 rings (SSSR count). The van der Waals surface area contributed by atoms with Crippen molar-refractivity contribution in [1.82, 2.24) is 24.9 Å². The predicted octanol–water partition coefficient (Wildman–Crippen LogP) is 5.45. The summed E-state index contributed by atoms with van der Waals surface area (Å²) >= 11 is 0. The molecule has 5 heterocycles. The lowest BCUT2D eigenvalue weighted by atomic mass is 9.81. The number of nitrogens with one attached hydrogen (secondary N) is 2. The Bertz CT molecular complexity index is 1820. The number of carboxylic acids is 1. The molecular weight excluding hydrogens is 570 g/mol. The minimum atomic E-state index is -1.16. The average molecular weight is 614 g/mol. The Morgan fingerprint density at radius 3 is 2.47 bits per heavy atom. The van der Waals surface area contributed by atoms with Gasteiger partial charge in [0, 0.05) is 48.7 Å². The summed E-state index contributed by atoms with van der Waals surface area (Å²) in [6.07, 6.45) is 3.09. The zero-order chi connectivity index (χ0) is 32.3. The highest BCUT2D eigenvalue weighted by Gasteiger charge is 2.36. The first-order valence-corrected chi connectivity index (χ1v) is 15.7. The first-order chi connectivity index (χ1) is 21.2. The number of imidazole rings is 1. The van der Waals surface area contributed by atoms with Crippen LogP contribution >= 0.6 is 0 Å². The molecule has 1 saturated heterocycles. The second-order valence-electron chi connectivity index (χ2n) is 14.2. The average Bonchev–Trinajstić information content (AvgIpc) is 3.44. The van der Waals surface area contributed by atoms with Gasteiger partial charge in [0.15, 0.2) is 17.3 Å². The van der Waals surface area contributed by atoms with Crippen LogP contribution in [-0.2, 0) is 22.5 Å². The summed E-state index contributed by atoms with van der Waals surface area (Å²) in [5.41, 5.74) is 7.50. The van der Waals surface area contributed by atoms with Gasteiger partial charge in [-0.2, -0.15) is 4.98 Å². The maximum atomic E-state index is 12.8. The number of benzene rings is 1. The van der Waals surface area contributed by atoms with Crippen LogP contribution in [0.5, 0.6) is 0 Å². The van der Waals surface area contributed by atoms with Crippen LogP contribution in [0.15, 0.2) is 29.3 Å². The number of carboxylic acid groups (broad SMARTS) is 1. The molecule has 0 saturated carbocycles. The standard InChI is InChI=1S/C34H43N7O4/c1-19-24(22-8-9-23-17-41(13-10-21(23)16-22)32-38-29-26(30(42)39-32)35-18-36-29)27(40-14-11-34(6,7)12-15-40)25(20(2)37-19)28(31(43)44)45-33(3,4)5/h8-9,16,18,28H,10-15,17H2,1-7H3,(H,43,44)(H2,35,36,38,39,42). The largest absolute Gasteiger partial charge is 0.479 e. The van der Waals surface area contributed by atoms with Gasteiger partial charge in [0.2, 0.25) is 5.95 Å². The summed E-state index contributed by atoms with van der Waals surface area (Å²) in [5, 5.41) is 10.5. The number of nitrogens with zero attached hydrogens (tertiary/aromatic N) is 5. The molecule has 3 N–H and O–H groups in total. The van der Waals surface area contributed by atoms with Crippen molar-refractivity contribution in [2.45, 2.75) is 86.0 Å². The number of hydrogen-bond acceptors (Lipinski definition) is 8. The normalized spacial score (nSPS) is 17.4. The fourth-order valence-electron chi connectivity index (χ4n) is 6.63. The van der Waals surface area contributed by atoms with Crippen molar-refractivity contribution in [2.24, 2.45) is 5.41 Å². The summed E-state index contributed by atoms with van der Waals surface area (Å²) in [6.45, 7) is 17.1. The molecule has 1 unspecified atom stereocenters. The first-order valence-electron chi connectivity index (χ1n) is 15.7. The van der Waals surface area contributed by atoms with Crippen LogP contribution in [0.4, 0.5) is 11.6 Å². The molecule has 1 atom stereocenters. The molecule has 11 heteroatoms. The summed E-state index contributed by atoms with van der Waals surface area (Å²) in [7, 11) is 0. The van der Waals surface area contributed by atoms with Crippen LogP contribution in [0.1, 0.15) is 81.6 Å². The number of aliphatic carboxylic acids is 1. The van der Waals surface area contributed by atoms with Crippen LogP contribution in [0.2, 0.25) is 0 Å². The van der Waals surface area contributed by atoms with Crippen LogP contribution < -0.4 is 15.4 Å². The van der Waals surface area contributed by atoms with Gasteiger partial charge in [0.25, 0.3) is 5.56 Å². The van der Waals surface area contributed by atoms with Crippen LogP contribution in [0.25, 0.3) is 22.3 Å².